The van der Waals surface area contributed by atoms with E-state index in [1.165, 1.54) is 0 Å². The number of amides is 2. The highest BCUT2D eigenvalue weighted by Gasteiger charge is 2.30. The van der Waals surface area contributed by atoms with Gasteiger partial charge in [-0.2, -0.15) is 0 Å². The third-order valence-corrected chi connectivity index (χ3v) is 6.02. The molecule has 0 aromatic heterocycles. The second-order valence-corrected chi connectivity index (χ2v) is 8.51. The molecule has 0 radical (unpaired) electrons. The lowest BCUT2D eigenvalue weighted by atomic mass is 9.98. The molecule has 1 aliphatic rings. The number of anilines is 1. The Hall–Kier alpha value is -3.84. The van der Waals surface area contributed by atoms with E-state index < -0.39 is 30.4 Å². The molecule has 34 heavy (non-hydrogen) atoms. The fourth-order valence-electron chi connectivity index (χ4n) is 4.11. The van der Waals surface area contributed by atoms with E-state index in [0.29, 0.717) is 10.7 Å². The van der Waals surface area contributed by atoms with Gasteiger partial charge in [0.25, 0.3) is 0 Å². The highest BCUT2D eigenvalue weighted by molar-refractivity contribution is 6.31. The maximum absolute atomic E-state index is 12.7. The van der Waals surface area contributed by atoms with E-state index in [9.17, 15) is 19.5 Å². The van der Waals surface area contributed by atoms with Gasteiger partial charge in [-0.1, -0.05) is 66.2 Å². The fourth-order valence-corrected chi connectivity index (χ4v) is 4.29. The van der Waals surface area contributed by atoms with Gasteiger partial charge >= 0.3 is 12.1 Å². The number of aryl methyl sites for hydroxylation is 1. The molecule has 0 heterocycles. The Morgan fingerprint density at radius 1 is 1.00 bits per heavy atom. The molecular formula is C26H23ClN2O5. The number of carboxylic acids is 1. The van der Waals surface area contributed by atoms with Crippen LogP contribution in [0.3, 0.4) is 0 Å². The van der Waals surface area contributed by atoms with Crippen LogP contribution in [0.1, 0.15) is 29.0 Å². The topological polar surface area (TPSA) is 105 Å². The summed E-state index contributed by atoms with van der Waals surface area (Å²) in [7, 11) is 0. The van der Waals surface area contributed by atoms with Gasteiger partial charge in [0.05, 0.1) is 6.42 Å². The van der Waals surface area contributed by atoms with Crippen molar-refractivity contribution in [2.24, 2.45) is 0 Å². The summed E-state index contributed by atoms with van der Waals surface area (Å²) in [5.74, 6) is -2.07. The summed E-state index contributed by atoms with van der Waals surface area (Å²) in [4.78, 5) is 36.6. The second-order valence-electron chi connectivity index (χ2n) is 8.07. The molecule has 3 N–H and O–H groups in total. The predicted octanol–water partition coefficient (Wildman–Crippen LogP) is 4.97. The lowest BCUT2D eigenvalue weighted by molar-refractivity contribution is -0.139. The number of carbonyl (C=O) groups excluding carboxylic acids is 2. The van der Waals surface area contributed by atoms with Crippen LogP contribution in [0.15, 0.2) is 66.7 Å². The van der Waals surface area contributed by atoms with Crippen molar-refractivity contribution in [3.63, 3.8) is 0 Å². The minimum absolute atomic E-state index is 0.0503. The molecule has 0 fully saturated rings. The van der Waals surface area contributed by atoms with E-state index in [0.717, 1.165) is 27.8 Å². The number of halogens is 1. The molecular weight excluding hydrogens is 456 g/mol. The van der Waals surface area contributed by atoms with Gasteiger partial charge in [0.15, 0.2) is 0 Å². The average molecular weight is 479 g/mol. The molecule has 8 heteroatoms. The van der Waals surface area contributed by atoms with Crippen molar-refractivity contribution in [1.82, 2.24) is 5.32 Å². The third-order valence-electron chi connectivity index (χ3n) is 5.79. The Kier molecular flexibility index (Phi) is 6.84. The summed E-state index contributed by atoms with van der Waals surface area (Å²) in [6, 6.07) is 19.5. The first kappa shape index (κ1) is 23.3. The number of fused-ring (bicyclic) bond motifs is 3. The molecule has 1 aliphatic carbocycles. The maximum atomic E-state index is 12.7. The first-order valence-electron chi connectivity index (χ1n) is 10.7. The van der Waals surface area contributed by atoms with Crippen LogP contribution in [0.5, 0.6) is 0 Å². The number of ether oxygens (including phenoxy) is 1. The van der Waals surface area contributed by atoms with Crippen LogP contribution in [0.25, 0.3) is 11.1 Å². The van der Waals surface area contributed by atoms with Crippen LogP contribution in [0.2, 0.25) is 5.02 Å². The number of benzene rings is 3. The van der Waals surface area contributed by atoms with E-state index in [1.54, 1.807) is 25.1 Å². The van der Waals surface area contributed by atoms with E-state index in [2.05, 4.69) is 10.6 Å². The van der Waals surface area contributed by atoms with Crippen molar-refractivity contribution < 1.29 is 24.2 Å². The van der Waals surface area contributed by atoms with Crippen molar-refractivity contribution in [3.05, 3.63) is 88.4 Å². The van der Waals surface area contributed by atoms with Gasteiger partial charge in [-0.3, -0.25) is 9.59 Å². The molecule has 2 amide bonds. The largest absolute Gasteiger partial charge is 0.481 e. The van der Waals surface area contributed by atoms with Crippen molar-refractivity contribution in [1.29, 1.82) is 0 Å². The van der Waals surface area contributed by atoms with Crippen molar-refractivity contribution in [2.75, 3.05) is 11.9 Å². The molecule has 174 valence electrons. The van der Waals surface area contributed by atoms with Crippen LogP contribution in [0.4, 0.5) is 10.5 Å². The van der Waals surface area contributed by atoms with Crippen LogP contribution < -0.4 is 10.6 Å². The Balaban J connectivity index is 1.44. The molecule has 0 bridgehead atoms. The lowest BCUT2D eigenvalue weighted by Gasteiger charge is -2.19. The molecule has 7 nitrogen and oxygen atoms in total. The van der Waals surface area contributed by atoms with Crippen LogP contribution in [0, 0.1) is 6.92 Å². The standard InChI is InChI=1S/C26H23ClN2O5/c1-15-10-11-16(27)12-22(15)28-25(32)23(13-24(30)31)29-26(33)34-14-21-19-8-4-2-6-17(19)18-7-3-5-9-20(18)21/h2-12,21,23H,13-14H2,1H3,(H,28,32)(H,29,33)(H,30,31). The van der Waals surface area contributed by atoms with Gasteiger partial charge in [-0.05, 0) is 46.9 Å². The first-order chi connectivity index (χ1) is 16.3. The maximum Gasteiger partial charge on any atom is 0.407 e. The number of alkyl carbamates (subject to hydrolysis) is 1. The molecule has 1 atom stereocenters. The molecule has 0 spiro atoms. The SMILES string of the molecule is Cc1ccc(Cl)cc1NC(=O)C(CC(=O)O)NC(=O)OCC1c2ccccc2-c2ccccc21. The van der Waals surface area contributed by atoms with Gasteiger partial charge in [0.2, 0.25) is 5.91 Å². The summed E-state index contributed by atoms with van der Waals surface area (Å²) in [5.41, 5.74) is 5.45. The van der Waals surface area contributed by atoms with Gasteiger partial charge < -0.3 is 20.5 Å². The Bertz CT molecular complexity index is 1210. The molecule has 0 saturated carbocycles. The Morgan fingerprint density at radius 2 is 1.62 bits per heavy atom. The summed E-state index contributed by atoms with van der Waals surface area (Å²) in [5, 5.41) is 14.7. The van der Waals surface area contributed by atoms with E-state index >= 15 is 0 Å². The zero-order valence-electron chi connectivity index (χ0n) is 18.4. The van der Waals surface area contributed by atoms with Crippen LogP contribution >= 0.6 is 11.6 Å². The monoisotopic (exact) mass is 478 g/mol. The van der Waals surface area contributed by atoms with Gasteiger partial charge in [0.1, 0.15) is 12.6 Å². The highest BCUT2D eigenvalue weighted by atomic mass is 35.5. The number of carbonyl (C=O) groups is 3. The quantitative estimate of drug-likeness (QED) is 0.444. The molecule has 3 aromatic carbocycles. The summed E-state index contributed by atoms with van der Waals surface area (Å²) < 4.78 is 5.45. The normalized spacial score (nSPS) is 12.9. The van der Waals surface area contributed by atoms with E-state index in [1.807, 2.05) is 48.5 Å². The molecule has 1 unspecified atom stereocenters. The molecule has 3 aromatic rings. The lowest BCUT2D eigenvalue weighted by Crippen LogP contribution is -2.45. The number of rotatable bonds is 7. The van der Waals surface area contributed by atoms with Crippen LogP contribution in [-0.2, 0) is 14.3 Å². The van der Waals surface area contributed by atoms with Crippen molar-refractivity contribution in [2.45, 2.75) is 25.3 Å². The first-order valence-corrected chi connectivity index (χ1v) is 11.1. The molecule has 0 aliphatic heterocycles. The highest BCUT2D eigenvalue weighted by Crippen LogP contribution is 2.44. The smallest absolute Gasteiger partial charge is 0.407 e. The number of aliphatic carboxylic acids is 1. The Labute approximate surface area is 201 Å². The van der Waals surface area contributed by atoms with Gasteiger partial charge in [-0.25, -0.2) is 4.79 Å². The van der Waals surface area contributed by atoms with Crippen LogP contribution in [-0.4, -0.2) is 35.7 Å². The molecule has 4 rings (SSSR count). The fraction of sp³-hybridized carbons (Fsp3) is 0.192. The number of nitrogens with one attached hydrogen (secondary N) is 2. The zero-order valence-corrected chi connectivity index (χ0v) is 19.1. The second kappa shape index (κ2) is 9.97. The van der Waals surface area contributed by atoms with Crippen molar-refractivity contribution >= 4 is 35.3 Å². The van der Waals surface area contributed by atoms with Gasteiger partial charge in [-0.15, -0.1) is 0 Å². The Morgan fingerprint density at radius 3 is 2.24 bits per heavy atom. The van der Waals surface area contributed by atoms with E-state index in [-0.39, 0.29) is 12.5 Å². The molecule has 0 saturated heterocycles. The van der Waals surface area contributed by atoms with E-state index in [4.69, 9.17) is 16.3 Å². The van der Waals surface area contributed by atoms with Gasteiger partial charge in [0, 0.05) is 16.6 Å². The summed E-state index contributed by atoms with van der Waals surface area (Å²) >= 11 is 5.99. The summed E-state index contributed by atoms with van der Waals surface area (Å²) in [6.45, 7) is 1.83. The van der Waals surface area contributed by atoms with Crippen molar-refractivity contribution in [3.8, 4) is 11.1 Å². The zero-order chi connectivity index (χ0) is 24.2. The summed E-state index contributed by atoms with van der Waals surface area (Å²) in [6.07, 6.45) is -1.47. The number of carboxylic acid groups (broad SMARTS) is 1. The minimum atomic E-state index is -1.33. The number of hydrogen-bond donors (Lipinski definition) is 3. The third kappa shape index (κ3) is 5.05. The minimum Gasteiger partial charge on any atom is -0.481 e. The predicted molar refractivity (Wildman–Crippen MR) is 129 cm³/mol. The number of hydrogen-bond acceptors (Lipinski definition) is 4. The average Bonchev–Trinajstić information content (AvgIpc) is 3.13.